The summed E-state index contributed by atoms with van der Waals surface area (Å²) in [5.41, 5.74) is 0. The molecule has 46 valence electrons. The summed E-state index contributed by atoms with van der Waals surface area (Å²) in [6, 6.07) is 3.10. The molecule has 0 atom stereocenters. The minimum Gasteiger partial charge on any atom is -0.482 e. The van der Waals surface area contributed by atoms with Gasteiger partial charge in [-0.25, -0.2) is 0 Å². The molecule has 9 heavy (non-hydrogen) atoms. The topological polar surface area (TPSA) is 37.7 Å². The van der Waals surface area contributed by atoms with Crippen molar-refractivity contribution in [3.8, 4) is 0 Å². The Morgan fingerprint density at radius 1 is 1.67 bits per heavy atom. The SMILES string of the molecule is [C-]#[N+]c1ccc(CO)o1. The van der Waals surface area contributed by atoms with Gasteiger partial charge in [-0.3, -0.25) is 0 Å². The summed E-state index contributed by atoms with van der Waals surface area (Å²) in [4.78, 5) is 3.01. The molecular weight excluding hydrogens is 118 g/mol. The fourth-order valence-corrected chi connectivity index (χ4v) is 0.512. The van der Waals surface area contributed by atoms with Crippen molar-refractivity contribution in [2.75, 3.05) is 0 Å². The molecule has 0 saturated heterocycles. The van der Waals surface area contributed by atoms with E-state index in [9.17, 15) is 0 Å². The summed E-state index contributed by atoms with van der Waals surface area (Å²) >= 11 is 0. The van der Waals surface area contributed by atoms with Crippen LogP contribution in [0.1, 0.15) is 5.76 Å². The van der Waals surface area contributed by atoms with Crippen LogP contribution < -0.4 is 0 Å². The number of rotatable bonds is 1. The van der Waals surface area contributed by atoms with Gasteiger partial charge in [0.2, 0.25) is 0 Å². The van der Waals surface area contributed by atoms with Crippen molar-refractivity contribution in [3.05, 3.63) is 29.3 Å². The summed E-state index contributed by atoms with van der Waals surface area (Å²) in [6.45, 7) is 6.34. The Hall–Kier alpha value is -1.27. The summed E-state index contributed by atoms with van der Waals surface area (Å²) in [5, 5.41) is 8.45. The van der Waals surface area contributed by atoms with E-state index in [1.165, 1.54) is 6.07 Å². The van der Waals surface area contributed by atoms with Crippen molar-refractivity contribution in [1.29, 1.82) is 0 Å². The van der Waals surface area contributed by atoms with Gasteiger partial charge in [0.25, 0.3) is 0 Å². The van der Waals surface area contributed by atoms with Crippen molar-refractivity contribution < 1.29 is 9.52 Å². The first-order valence-corrected chi connectivity index (χ1v) is 2.44. The number of aliphatic hydroxyl groups is 1. The average Bonchev–Trinajstić information content (AvgIpc) is 2.34. The zero-order valence-corrected chi connectivity index (χ0v) is 4.66. The highest BCUT2D eigenvalue weighted by Gasteiger charge is 1.96. The van der Waals surface area contributed by atoms with Gasteiger partial charge in [0.15, 0.2) is 0 Å². The fourth-order valence-electron chi connectivity index (χ4n) is 0.512. The second-order valence-corrected chi connectivity index (χ2v) is 1.51. The van der Waals surface area contributed by atoms with Gasteiger partial charge in [-0.1, -0.05) is 0 Å². The van der Waals surface area contributed by atoms with Crippen molar-refractivity contribution in [2.45, 2.75) is 6.61 Å². The first-order chi connectivity index (χ1) is 4.36. The molecule has 0 aliphatic rings. The first-order valence-electron chi connectivity index (χ1n) is 2.44. The van der Waals surface area contributed by atoms with E-state index in [1.807, 2.05) is 0 Å². The first kappa shape index (κ1) is 5.86. The molecule has 1 N–H and O–H groups in total. The Morgan fingerprint density at radius 3 is 2.78 bits per heavy atom. The zero-order valence-electron chi connectivity index (χ0n) is 4.66. The van der Waals surface area contributed by atoms with Gasteiger partial charge in [0.1, 0.15) is 5.76 Å². The minimum absolute atomic E-state index is 0.143. The minimum atomic E-state index is -0.143. The fraction of sp³-hybridized carbons (Fsp3) is 0.167. The number of nitrogens with zero attached hydrogens (tertiary/aromatic N) is 1. The molecule has 1 rings (SSSR count). The zero-order chi connectivity index (χ0) is 6.69. The number of furan rings is 1. The van der Waals surface area contributed by atoms with Crippen LogP contribution in [0.15, 0.2) is 16.5 Å². The van der Waals surface area contributed by atoms with Crippen LogP contribution in [0.2, 0.25) is 0 Å². The highest BCUT2D eigenvalue weighted by molar-refractivity contribution is 5.32. The van der Waals surface area contributed by atoms with Crippen LogP contribution in [0, 0.1) is 6.57 Å². The van der Waals surface area contributed by atoms with E-state index in [2.05, 4.69) is 4.85 Å². The summed E-state index contributed by atoms with van der Waals surface area (Å²) in [6.07, 6.45) is 0. The lowest BCUT2D eigenvalue weighted by atomic mass is 10.5. The Morgan fingerprint density at radius 2 is 2.44 bits per heavy atom. The Bertz CT molecular complexity index is 233. The van der Waals surface area contributed by atoms with Crippen molar-refractivity contribution in [3.63, 3.8) is 0 Å². The van der Waals surface area contributed by atoms with Gasteiger partial charge in [-0.15, -0.1) is 0 Å². The predicted molar refractivity (Wildman–Crippen MR) is 30.9 cm³/mol. The van der Waals surface area contributed by atoms with Crippen LogP contribution in [0.4, 0.5) is 5.88 Å². The molecule has 0 radical (unpaired) electrons. The van der Waals surface area contributed by atoms with Crippen LogP contribution in [0.3, 0.4) is 0 Å². The maximum absolute atomic E-state index is 8.45. The van der Waals surface area contributed by atoms with Gasteiger partial charge in [-0.05, 0) is 12.1 Å². The molecular formula is C6H5NO2. The van der Waals surface area contributed by atoms with Crippen LogP contribution in [-0.2, 0) is 6.61 Å². The standard InChI is InChI=1S/C6H5NO2/c1-7-6-3-2-5(4-8)9-6/h2-3,8H,4H2. The molecule has 3 heteroatoms. The molecule has 0 aliphatic carbocycles. The van der Waals surface area contributed by atoms with Crippen molar-refractivity contribution in [1.82, 2.24) is 0 Å². The van der Waals surface area contributed by atoms with E-state index in [4.69, 9.17) is 16.1 Å². The maximum Gasteiger partial charge on any atom is 0.345 e. The van der Waals surface area contributed by atoms with E-state index in [0.717, 1.165) is 0 Å². The summed E-state index contributed by atoms with van der Waals surface area (Å²) in [5.74, 6) is 0.653. The van der Waals surface area contributed by atoms with E-state index in [1.54, 1.807) is 6.07 Å². The molecule has 0 amide bonds. The van der Waals surface area contributed by atoms with Gasteiger partial charge in [0, 0.05) is 0 Å². The Labute approximate surface area is 52.4 Å². The lowest BCUT2D eigenvalue weighted by molar-refractivity contribution is 0.249. The quantitative estimate of drug-likeness (QED) is 0.572. The molecule has 0 saturated carbocycles. The molecule has 1 heterocycles. The second-order valence-electron chi connectivity index (χ2n) is 1.51. The molecule has 0 fully saturated rings. The summed E-state index contributed by atoms with van der Waals surface area (Å²) in [7, 11) is 0. The highest BCUT2D eigenvalue weighted by atomic mass is 16.4. The number of hydrogen-bond donors (Lipinski definition) is 1. The van der Waals surface area contributed by atoms with E-state index in [-0.39, 0.29) is 12.5 Å². The van der Waals surface area contributed by atoms with Gasteiger partial charge >= 0.3 is 5.88 Å². The number of hydrogen-bond acceptors (Lipinski definition) is 2. The largest absolute Gasteiger partial charge is 0.482 e. The normalized spacial score (nSPS) is 8.89. The third-order valence-electron chi connectivity index (χ3n) is 0.913. The smallest absolute Gasteiger partial charge is 0.345 e. The molecule has 0 spiro atoms. The lowest BCUT2D eigenvalue weighted by Gasteiger charge is -1.82. The maximum atomic E-state index is 8.45. The Balaban J connectivity index is 2.90. The van der Waals surface area contributed by atoms with Crippen molar-refractivity contribution in [2.24, 2.45) is 0 Å². The molecule has 1 aromatic rings. The third-order valence-corrected chi connectivity index (χ3v) is 0.913. The molecule has 0 bridgehead atoms. The Kier molecular flexibility index (Phi) is 1.52. The van der Waals surface area contributed by atoms with Crippen LogP contribution in [-0.4, -0.2) is 5.11 Å². The van der Waals surface area contributed by atoms with Crippen LogP contribution in [0.5, 0.6) is 0 Å². The van der Waals surface area contributed by atoms with E-state index >= 15 is 0 Å². The van der Waals surface area contributed by atoms with Gasteiger partial charge < -0.3 is 9.52 Å². The molecule has 3 nitrogen and oxygen atoms in total. The summed E-state index contributed by atoms with van der Waals surface area (Å²) < 4.78 is 4.78. The van der Waals surface area contributed by atoms with Gasteiger partial charge in [-0.2, -0.15) is 4.85 Å². The van der Waals surface area contributed by atoms with E-state index < -0.39 is 0 Å². The molecule has 0 aliphatic heterocycles. The molecule has 0 unspecified atom stereocenters. The lowest BCUT2D eigenvalue weighted by Crippen LogP contribution is -1.72. The molecule has 0 aromatic carbocycles. The van der Waals surface area contributed by atoms with Crippen LogP contribution >= 0.6 is 0 Å². The van der Waals surface area contributed by atoms with Crippen LogP contribution in [0.25, 0.3) is 4.85 Å². The predicted octanol–water partition coefficient (Wildman–Crippen LogP) is 1.32. The average molecular weight is 123 g/mol. The highest BCUT2D eigenvalue weighted by Crippen LogP contribution is 2.15. The monoisotopic (exact) mass is 123 g/mol. The van der Waals surface area contributed by atoms with E-state index in [0.29, 0.717) is 5.76 Å². The second kappa shape index (κ2) is 2.33. The van der Waals surface area contributed by atoms with Gasteiger partial charge in [0.05, 0.1) is 13.2 Å². The van der Waals surface area contributed by atoms with Crippen molar-refractivity contribution >= 4 is 5.88 Å². The third kappa shape index (κ3) is 1.09. The number of aliphatic hydroxyl groups excluding tert-OH is 1. The molecule has 1 aromatic heterocycles.